The maximum absolute atomic E-state index is 11.6. The summed E-state index contributed by atoms with van der Waals surface area (Å²) in [7, 11) is -1.23. The number of nitrogens with zero attached hydrogens (tertiary/aromatic N) is 2. The quantitative estimate of drug-likeness (QED) is 0.786. The lowest BCUT2D eigenvalue weighted by Crippen LogP contribution is -2.19. The highest BCUT2D eigenvalue weighted by Gasteiger charge is 2.18. The Morgan fingerprint density at radius 2 is 2.13 bits per heavy atom. The van der Waals surface area contributed by atoms with Gasteiger partial charge in [-0.15, -0.1) is 0 Å². The van der Waals surface area contributed by atoms with E-state index in [0.29, 0.717) is 5.69 Å². The van der Waals surface area contributed by atoms with Gasteiger partial charge in [0.25, 0.3) is 0 Å². The highest BCUT2D eigenvalue weighted by atomic mass is 79.9. The first-order chi connectivity index (χ1) is 6.89. The fourth-order valence-electron chi connectivity index (χ4n) is 0.724. The lowest BCUT2D eigenvalue weighted by Gasteiger charge is -2.12. The van der Waals surface area contributed by atoms with Gasteiger partial charge in [-0.1, -0.05) is 0 Å². The number of hydrogen-bond acceptors (Lipinski definition) is 2. The smallest absolute Gasteiger partial charge is 0.144 e. The van der Waals surface area contributed by atoms with Gasteiger partial charge in [-0.25, -0.2) is 4.21 Å². The summed E-state index contributed by atoms with van der Waals surface area (Å²) in [5, 5.41) is 0. The van der Waals surface area contributed by atoms with Crippen LogP contribution < -0.4 is 0 Å². The first-order valence-electron chi connectivity index (χ1n) is 4.47. The molecule has 0 unspecified atom stereocenters. The molecule has 0 aliphatic heterocycles. The molecule has 0 saturated heterocycles. The van der Waals surface area contributed by atoms with E-state index in [1.807, 2.05) is 32.9 Å². The summed E-state index contributed by atoms with van der Waals surface area (Å²) < 4.78 is 16.1. The van der Waals surface area contributed by atoms with Crippen molar-refractivity contribution in [3.8, 4) is 0 Å². The van der Waals surface area contributed by atoms with Gasteiger partial charge >= 0.3 is 0 Å². The standard InChI is InChI=1S/C10H13BrN2OS/c1-10(2,3)15(14)13-7-9-5-4-8(11)6-12-9/h4-7H,1-3H3/b13-7+/t15-/m1/s1. The van der Waals surface area contributed by atoms with Crippen molar-refractivity contribution in [1.29, 1.82) is 0 Å². The topological polar surface area (TPSA) is 42.3 Å². The van der Waals surface area contributed by atoms with E-state index in [-0.39, 0.29) is 4.75 Å². The van der Waals surface area contributed by atoms with E-state index in [2.05, 4.69) is 25.3 Å². The normalized spacial score (nSPS) is 14.4. The van der Waals surface area contributed by atoms with Crippen molar-refractivity contribution in [1.82, 2.24) is 4.98 Å². The summed E-state index contributed by atoms with van der Waals surface area (Å²) in [5.74, 6) is 0. The summed E-state index contributed by atoms with van der Waals surface area (Å²) in [6.45, 7) is 5.65. The van der Waals surface area contributed by atoms with E-state index in [0.717, 1.165) is 4.47 Å². The molecule has 1 heterocycles. The molecule has 0 spiro atoms. The van der Waals surface area contributed by atoms with Gasteiger partial charge in [0.15, 0.2) is 0 Å². The molecule has 5 heteroatoms. The minimum atomic E-state index is -1.23. The largest absolute Gasteiger partial charge is 0.254 e. The summed E-state index contributed by atoms with van der Waals surface area (Å²) in [6, 6.07) is 3.68. The molecule has 1 aromatic rings. The molecule has 0 N–H and O–H groups in total. The maximum Gasteiger partial charge on any atom is 0.144 e. The Hall–Kier alpha value is -0.550. The molecular weight excluding hydrogens is 276 g/mol. The number of hydrogen-bond donors (Lipinski definition) is 0. The zero-order valence-corrected chi connectivity index (χ0v) is 11.3. The van der Waals surface area contributed by atoms with Gasteiger partial charge in [-0.3, -0.25) is 4.98 Å². The van der Waals surface area contributed by atoms with Crippen LogP contribution in [0.25, 0.3) is 0 Å². The van der Waals surface area contributed by atoms with Crippen LogP contribution in [0.3, 0.4) is 0 Å². The van der Waals surface area contributed by atoms with E-state index >= 15 is 0 Å². The molecule has 0 aromatic carbocycles. The summed E-state index contributed by atoms with van der Waals surface area (Å²) in [4.78, 5) is 4.10. The van der Waals surface area contributed by atoms with E-state index in [1.54, 1.807) is 6.20 Å². The Bertz CT molecular complexity index is 381. The molecule has 1 aromatic heterocycles. The molecule has 82 valence electrons. The van der Waals surface area contributed by atoms with Gasteiger partial charge in [0.05, 0.1) is 16.7 Å². The molecule has 1 rings (SSSR count). The predicted molar refractivity (Wildman–Crippen MR) is 67.4 cm³/mol. The summed E-state index contributed by atoms with van der Waals surface area (Å²) >= 11 is 3.29. The van der Waals surface area contributed by atoms with E-state index < -0.39 is 11.0 Å². The van der Waals surface area contributed by atoms with Crippen molar-refractivity contribution in [2.45, 2.75) is 25.5 Å². The highest BCUT2D eigenvalue weighted by Crippen LogP contribution is 2.12. The van der Waals surface area contributed by atoms with Crippen LogP contribution in [-0.2, 0) is 11.0 Å². The van der Waals surface area contributed by atoms with Crippen molar-refractivity contribution in [3.05, 3.63) is 28.5 Å². The second kappa shape index (κ2) is 4.99. The maximum atomic E-state index is 11.6. The Morgan fingerprint density at radius 1 is 1.47 bits per heavy atom. The third-order valence-electron chi connectivity index (χ3n) is 1.55. The minimum absolute atomic E-state index is 0.328. The Kier molecular flexibility index (Phi) is 4.16. The summed E-state index contributed by atoms with van der Waals surface area (Å²) in [6.07, 6.45) is 3.22. The Morgan fingerprint density at radius 3 is 2.60 bits per heavy atom. The lowest BCUT2D eigenvalue weighted by atomic mass is 10.3. The molecule has 15 heavy (non-hydrogen) atoms. The van der Waals surface area contributed by atoms with E-state index in [1.165, 1.54) is 6.21 Å². The van der Waals surface area contributed by atoms with Gasteiger partial charge in [0.2, 0.25) is 0 Å². The van der Waals surface area contributed by atoms with Gasteiger partial charge in [0, 0.05) is 10.7 Å². The van der Waals surface area contributed by atoms with E-state index in [9.17, 15) is 4.21 Å². The lowest BCUT2D eigenvalue weighted by molar-refractivity contribution is 0.651. The zero-order valence-electron chi connectivity index (χ0n) is 8.90. The average Bonchev–Trinajstić information content (AvgIpc) is 2.15. The average molecular weight is 289 g/mol. The second-order valence-corrected chi connectivity index (χ2v) is 6.85. The van der Waals surface area contributed by atoms with Crippen LogP contribution in [0.5, 0.6) is 0 Å². The van der Waals surface area contributed by atoms with Crippen LogP contribution in [0.4, 0.5) is 0 Å². The molecule has 0 aliphatic carbocycles. The monoisotopic (exact) mass is 288 g/mol. The predicted octanol–water partition coefficient (Wildman–Crippen LogP) is 2.73. The molecule has 0 amide bonds. The van der Waals surface area contributed by atoms with Crippen LogP contribution in [0.1, 0.15) is 26.5 Å². The Labute approximate surface area is 101 Å². The first kappa shape index (κ1) is 12.5. The molecule has 0 fully saturated rings. The SMILES string of the molecule is CC(C)(C)[S@@](=O)/N=C/c1ccc(Br)cn1. The number of pyridine rings is 1. The fourth-order valence-corrected chi connectivity index (χ4v) is 1.48. The van der Waals surface area contributed by atoms with Crippen molar-refractivity contribution >= 4 is 33.1 Å². The number of aromatic nitrogens is 1. The molecule has 0 saturated carbocycles. The van der Waals surface area contributed by atoms with Crippen molar-refractivity contribution in [2.24, 2.45) is 4.40 Å². The van der Waals surface area contributed by atoms with Crippen molar-refractivity contribution < 1.29 is 4.21 Å². The molecular formula is C10H13BrN2OS. The van der Waals surface area contributed by atoms with E-state index in [4.69, 9.17) is 0 Å². The van der Waals surface area contributed by atoms with Crippen LogP contribution in [-0.4, -0.2) is 20.2 Å². The number of rotatable bonds is 2. The van der Waals surface area contributed by atoms with Crippen molar-refractivity contribution in [3.63, 3.8) is 0 Å². The van der Waals surface area contributed by atoms with Gasteiger partial charge in [0.1, 0.15) is 11.0 Å². The molecule has 0 radical (unpaired) electrons. The van der Waals surface area contributed by atoms with Crippen molar-refractivity contribution in [2.75, 3.05) is 0 Å². The molecule has 0 bridgehead atoms. The van der Waals surface area contributed by atoms with Crippen LogP contribution in [0.15, 0.2) is 27.2 Å². The van der Waals surface area contributed by atoms with Gasteiger partial charge in [-0.05, 0) is 48.8 Å². The van der Waals surface area contributed by atoms with Crippen LogP contribution in [0, 0.1) is 0 Å². The molecule has 3 nitrogen and oxygen atoms in total. The third kappa shape index (κ3) is 4.22. The zero-order chi connectivity index (χ0) is 11.5. The van der Waals surface area contributed by atoms with Gasteiger partial charge in [-0.2, -0.15) is 4.40 Å². The summed E-state index contributed by atoms with van der Waals surface area (Å²) in [5.41, 5.74) is 0.704. The third-order valence-corrected chi connectivity index (χ3v) is 3.37. The first-order valence-corrected chi connectivity index (χ1v) is 6.37. The fraction of sp³-hybridized carbons (Fsp3) is 0.400. The van der Waals surface area contributed by atoms with Crippen LogP contribution in [0.2, 0.25) is 0 Å². The van der Waals surface area contributed by atoms with Gasteiger partial charge < -0.3 is 0 Å². The number of halogens is 1. The highest BCUT2D eigenvalue weighted by molar-refractivity contribution is 9.10. The van der Waals surface area contributed by atoms with Crippen LogP contribution >= 0.6 is 15.9 Å². The Balaban J connectivity index is 2.74. The molecule has 0 aliphatic rings. The minimum Gasteiger partial charge on any atom is -0.254 e. The molecule has 1 atom stereocenters. The second-order valence-electron chi connectivity index (χ2n) is 4.00.